The van der Waals surface area contributed by atoms with Gasteiger partial charge in [0.25, 0.3) is 0 Å². The molecular weight excluding hydrogens is 218 g/mol. The molecule has 0 N–H and O–H groups in total. The minimum Gasteiger partial charge on any atom is -0.469 e. The Morgan fingerprint density at radius 3 is 2.53 bits per heavy atom. The van der Waals surface area contributed by atoms with Crippen LogP contribution in [0.1, 0.15) is 33.1 Å². The Labute approximate surface area is 105 Å². The fourth-order valence-corrected chi connectivity index (χ4v) is 1.89. The molecule has 1 atom stereocenters. The van der Waals surface area contributed by atoms with Crippen molar-refractivity contribution in [2.24, 2.45) is 5.92 Å². The molecule has 102 valence electrons. The van der Waals surface area contributed by atoms with Gasteiger partial charge in [-0.2, -0.15) is 0 Å². The van der Waals surface area contributed by atoms with E-state index < -0.39 is 0 Å². The maximum Gasteiger partial charge on any atom is 0.306 e. The van der Waals surface area contributed by atoms with Crippen molar-refractivity contribution in [3.63, 3.8) is 0 Å². The molecule has 0 radical (unpaired) electrons. The SMILES string of the molecule is CCCC(C)CN(CCOC)CCC(=O)OC. The second kappa shape index (κ2) is 10.5. The summed E-state index contributed by atoms with van der Waals surface area (Å²) in [7, 11) is 3.13. The Balaban J connectivity index is 3.98. The zero-order valence-electron chi connectivity index (χ0n) is 11.7. The lowest BCUT2D eigenvalue weighted by Crippen LogP contribution is -2.33. The van der Waals surface area contributed by atoms with Crippen molar-refractivity contribution in [1.82, 2.24) is 4.90 Å². The van der Waals surface area contributed by atoms with Gasteiger partial charge in [0.15, 0.2) is 0 Å². The normalized spacial score (nSPS) is 12.8. The molecule has 0 aliphatic heterocycles. The summed E-state index contributed by atoms with van der Waals surface area (Å²) in [6.07, 6.45) is 2.89. The summed E-state index contributed by atoms with van der Waals surface area (Å²) in [5.41, 5.74) is 0. The Kier molecular flexibility index (Phi) is 10.2. The van der Waals surface area contributed by atoms with Crippen LogP contribution in [0.3, 0.4) is 0 Å². The van der Waals surface area contributed by atoms with E-state index in [2.05, 4.69) is 23.5 Å². The largest absolute Gasteiger partial charge is 0.469 e. The van der Waals surface area contributed by atoms with Crippen molar-refractivity contribution in [3.05, 3.63) is 0 Å². The predicted molar refractivity (Wildman–Crippen MR) is 69.0 cm³/mol. The van der Waals surface area contributed by atoms with Crippen LogP contribution in [0, 0.1) is 5.92 Å². The third-order valence-electron chi connectivity index (χ3n) is 2.82. The summed E-state index contributed by atoms with van der Waals surface area (Å²) >= 11 is 0. The van der Waals surface area contributed by atoms with Gasteiger partial charge in [-0.1, -0.05) is 20.3 Å². The van der Waals surface area contributed by atoms with Crippen LogP contribution in [0.4, 0.5) is 0 Å². The first-order chi connectivity index (χ1) is 8.13. The summed E-state index contributed by atoms with van der Waals surface area (Å²) in [5.74, 6) is 0.519. The molecule has 0 saturated carbocycles. The van der Waals surface area contributed by atoms with E-state index >= 15 is 0 Å². The van der Waals surface area contributed by atoms with E-state index in [9.17, 15) is 4.79 Å². The lowest BCUT2D eigenvalue weighted by atomic mass is 10.1. The zero-order valence-corrected chi connectivity index (χ0v) is 11.7. The molecule has 1 unspecified atom stereocenters. The number of carbonyl (C=O) groups excluding carboxylic acids is 1. The Morgan fingerprint density at radius 1 is 1.29 bits per heavy atom. The van der Waals surface area contributed by atoms with E-state index in [1.165, 1.54) is 20.0 Å². The monoisotopic (exact) mass is 245 g/mol. The second-order valence-corrected chi connectivity index (χ2v) is 4.51. The van der Waals surface area contributed by atoms with Crippen molar-refractivity contribution in [2.45, 2.75) is 33.1 Å². The summed E-state index contributed by atoms with van der Waals surface area (Å²) in [6.45, 7) is 7.81. The molecule has 0 bridgehead atoms. The molecule has 0 saturated heterocycles. The third-order valence-corrected chi connectivity index (χ3v) is 2.82. The molecule has 0 aliphatic carbocycles. The van der Waals surface area contributed by atoms with Crippen LogP contribution in [0.2, 0.25) is 0 Å². The van der Waals surface area contributed by atoms with E-state index in [1.807, 2.05) is 0 Å². The number of nitrogens with zero attached hydrogens (tertiary/aromatic N) is 1. The van der Waals surface area contributed by atoms with Crippen LogP contribution in [0.25, 0.3) is 0 Å². The van der Waals surface area contributed by atoms with Gasteiger partial charge in [-0.15, -0.1) is 0 Å². The van der Waals surface area contributed by atoms with Crippen molar-refractivity contribution < 1.29 is 14.3 Å². The summed E-state index contributed by atoms with van der Waals surface area (Å²) in [6, 6.07) is 0. The van der Waals surface area contributed by atoms with Crippen molar-refractivity contribution in [1.29, 1.82) is 0 Å². The molecule has 4 heteroatoms. The van der Waals surface area contributed by atoms with Gasteiger partial charge >= 0.3 is 5.97 Å². The maximum absolute atomic E-state index is 11.1. The Hall–Kier alpha value is -0.610. The first kappa shape index (κ1) is 16.4. The lowest BCUT2D eigenvalue weighted by Gasteiger charge is -2.24. The molecule has 0 fully saturated rings. The highest BCUT2D eigenvalue weighted by Gasteiger charge is 2.11. The molecule has 0 aromatic rings. The topological polar surface area (TPSA) is 38.8 Å². The van der Waals surface area contributed by atoms with Gasteiger partial charge < -0.3 is 14.4 Å². The van der Waals surface area contributed by atoms with Crippen molar-refractivity contribution >= 4 is 5.97 Å². The number of ether oxygens (including phenoxy) is 2. The van der Waals surface area contributed by atoms with E-state index in [1.54, 1.807) is 7.11 Å². The summed E-state index contributed by atoms with van der Waals surface area (Å²) in [4.78, 5) is 13.4. The van der Waals surface area contributed by atoms with Gasteiger partial charge in [-0.25, -0.2) is 0 Å². The zero-order chi connectivity index (χ0) is 13.1. The average Bonchev–Trinajstić information content (AvgIpc) is 2.32. The number of hydrogen-bond acceptors (Lipinski definition) is 4. The average molecular weight is 245 g/mol. The third kappa shape index (κ3) is 9.12. The minimum absolute atomic E-state index is 0.143. The maximum atomic E-state index is 11.1. The van der Waals surface area contributed by atoms with Crippen LogP contribution < -0.4 is 0 Å². The van der Waals surface area contributed by atoms with Gasteiger partial charge in [0.1, 0.15) is 0 Å². The highest BCUT2D eigenvalue weighted by atomic mass is 16.5. The molecule has 0 aliphatic rings. The molecular formula is C13H27NO3. The quantitative estimate of drug-likeness (QED) is 0.551. The Bertz CT molecular complexity index is 197. The number of methoxy groups -OCH3 is 2. The van der Waals surface area contributed by atoms with Crippen LogP contribution in [0.15, 0.2) is 0 Å². The molecule has 17 heavy (non-hydrogen) atoms. The van der Waals surface area contributed by atoms with Crippen molar-refractivity contribution in [2.75, 3.05) is 40.5 Å². The van der Waals surface area contributed by atoms with Crippen LogP contribution >= 0.6 is 0 Å². The van der Waals surface area contributed by atoms with Gasteiger partial charge in [0, 0.05) is 26.7 Å². The van der Waals surface area contributed by atoms with Gasteiger partial charge in [-0.05, 0) is 12.3 Å². The standard InChI is InChI=1S/C13H27NO3/c1-5-6-12(2)11-14(9-10-16-3)8-7-13(15)17-4/h12H,5-11H2,1-4H3. The molecule has 4 nitrogen and oxygen atoms in total. The van der Waals surface area contributed by atoms with E-state index in [0.717, 1.165) is 19.6 Å². The second-order valence-electron chi connectivity index (χ2n) is 4.51. The number of carbonyl (C=O) groups is 1. The number of hydrogen-bond donors (Lipinski definition) is 0. The van der Waals surface area contributed by atoms with Crippen molar-refractivity contribution in [3.8, 4) is 0 Å². The summed E-state index contributed by atoms with van der Waals surface area (Å²) < 4.78 is 9.75. The molecule has 0 aromatic carbocycles. The first-order valence-corrected chi connectivity index (χ1v) is 6.42. The molecule has 0 heterocycles. The van der Waals surface area contributed by atoms with Gasteiger partial charge in [0.05, 0.1) is 20.1 Å². The van der Waals surface area contributed by atoms with E-state index in [-0.39, 0.29) is 5.97 Å². The molecule has 0 amide bonds. The fourth-order valence-electron chi connectivity index (χ4n) is 1.89. The van der Waals surface area contributed by atoms with E-state index in [4.69, 9.17) is 4.74 Å². The van der Waals surface area contributed by atoms with Crippen LogP contribution in [-0.2, 0) is 14.3 Å². The molecule has 0 spiro atoms. The fraction of sp³-hybridized carbons (Fsp3) is 0.923. The highest BCUT2D eigenvalue weighted by molar-refractivity contribution is 5.69. The predicted octanol–water partition coefficient (Wildman–Crippen LogP) is 1.93. The van der Waals surface area contributed by atoms with E-state index in [0.29, 0.717) is 18.9 Å². The molecule has 0 rings (SSSR count). The summed E-state index contributed by atoms with van der Waals surface area (Å²) in [5, 5.41) is 0. The minimum atomic E-state index is -0.143. The van der Waals surface area contributed by atoms with Gasteiger partial charge in [0.2, 0.25) is 0 Å². The van der Waals surface area contributed by atoms with Crippen LogP contribution in [0.5, 0.6) is 0 Å². The van der Waals surface area contributed by atoms with Gasteiger partial charge in [-0.3, -0.25) is 4.79 Å². The lowest BCUT2D eigenvalue weighted by molar-refractivity contribution is -0.141. The first-order valence-electron chi connectivity index (χ1n) is 6.42. The molecule has 0 aromatic heterocycles. The van der Waals surface area contributed by atoms with Crippen LogP contribution in [-0.4, -0.2) is 51.3 Å². The number of esters is 1. The highest BCUT2D eigenvalue weighted by Crippen LogP contribution is 2.08. The number of rotatable bonds is 10. The smallest absolute Gasteiger partial charge is 0.306 e. The Morgan fingerprint density at radius 2 is 2.00 bits per heavy atom.